The second kappa shape index (κ2) is 8.58. The number of amides is 1. The van der Waals surface area contributed by atoms with Crippen molar-refractivity contribution in [2.45, 2.75) is 31.4 Å². The number of fused-ring (bicyclic) bond motifs is 1. The SMILES string of the molecule is C=CC(=O)N1CCC[C@H](n2nc(-c3ccc(OC4CCOC4)cc3)c3c(N)ncnc32)C1. The maximum absolute atomic E-state index is 12.2. The first kappa shape index (κ1) is 20.4. The Bertz CT molecular complexity index is 1140. The molecule has 1 aromatic carbocycles. The lowest BCUT2D eigenvalue weighted by Gasteiger charge is -2.32. The molecule has 5 rings (SSSR count). The van der Waals surface area contributed by atoms with Crippen molar-refractivity contribution in [2.75, 3.05) is 32.0 Å². The van der Waals surface area contributed by atoms with Gasteiger partial charge in [-0.2, -0.15) is 5.10 Å². The average Bonchev–Trinajstić information content (AvgIpc) is 3.48. The van der Waals surface area contributed by atoms with Gasteiger partial charge in [-0.25, -0.2) is 14.6 Å². The molecule has 2 aliphatic heterocycles. The van der Waals surface area contributed by atoms with E-state index >= 15 is 0 Å². The normalized spacial score (nSPS) is 21.1. The smallest absolute Gasteiger partial charge is 0.246 e. The summed E-state index contributed by atoms with van der Waals surface area (Å²) in [5, 5.41) is 5.63. The molecule has 9 nitrogen and oxygen atoms in total. The van der Waals surface area contributed by atoms with Crippen molar-refractivity contribution in [1.82, 2.24) is 24.6 Å². The van der Waals surface area contributed by atoms with E-state index in [1.54, 1.807) is 4.90 Å². The number of carbonyl (C=O) groups excluding carboxylic acids is 1. The van der Waals surface area contributed by atoms with Gasteiger partial charge in [0, 0.05) is 25.1 Å². The first-order valence-corrected chi connectivity index (χ1v) is 10.9. The van der Waals surface area contributed by atoms with Crippen LogP contribution in [0.3, 0.4) is 0 Å². The topological polar surface area (TPSA) is 108 Å². The number of carbonyl (C=O) groups is 1. The summed E-state index contributed by atoms with van der Waals surface area (Å²) in [5.74, 6) is 1.11. The van der Waals surface area contributed by atoms with Crippen LogP contribution in [0.15, 0.2) is 43.2 Å². The van der Waals surface area contributed by atoms with Crippen LogP contribution in [0.5, 0.6) is 5.75 Å². The van der Waals surface area contributed by atoms with E-state index in [1.165, 1.54) is 12.4 Å². The third-order valence-electron chi connectivity index (χ3n) is 6.07. The molecular formula is C23H26N6O3. The van der Waals surface area contributed by atoms with Gasteiger partial charge in [-0.3, -0.25) is 4.79 Å². The lowest BCUT2D eigenvalue weighted by molar-refractivity contribution is -0.127. The monoisotopic (exact) mass is 434 g/mol. The number of hydrogen-bond donors (Lipinski definition) is 1. The predicted octanol–water partition coefficient (Wildman–Crippen LogP) is 2.59. The Labute approximate surface area is 185 Å². The Morgan fingerprint density at radius 3 is 2.84 bits per heavy atom. The van der Waals surface area contributed by atoms with Crippen molar-refractivity contribution in [3.05, 3.63) is 43.2 Å². The van der Waals surface area contributed by atoms with Crippen molar-refractivity contribution < 1.29 is 14.3 Å². The number of likely N-dealkylation sites (tertiary alicyclic amines) is 1. The van der Waals surface area contributed by atoms with Crippen LogP contribution in [0.1, 0.15) is 25.3 Å². The van der Waals surface area contributed by atoms with E-state index in [1.807, 2.05) is 28.9 Å². The van der Waals surface area contributed by atoms with Gasteiger partial charge in [0.2, 0.25) is 5.91 Å². The molecule has 0 spiro atoms. The largest absolute Gasteiger partial charge is 0.488 e. The summed E-state index contributed by atoms with van der Waals surface area (Å²) in [6.07, 6.45) is 5.59. The summed E-state index contributed by atoms with van der Waals surface area (Å²) >= 11 is 0. The Morgan fingerprint density at radius 1 is 1.25 bits per heavy atom. The molecule has 3 aromatic rings. The number of nitrogens with zero attached hydrogens (tertiary/aromatic N) is 5. The molecule has 0 radical (unpaired) electrons. The van der Waals surface area contributed by atoms with Crippen molar-refractivity contribution in [1.29, 1.82) is 0 Å². The molecule has 0 saturated carbocycles. The highest BCUT2D eigenvalue weighted by atomic mass is 16.5. The third-order valence-corrected chi connectivity index (χ3v) is 6.07. The van der Waals surface area contributed by atoms with Gasteiger partial charge in [0.25, 0.3) is 0 Å². The van der Waals surface area contributed by atoms with Crippen LogP contribution in [0.4, 0.5) is 5.82 Å². The summed E-state index contributed by atoms with van der Waals surface area (Å²) in [6.45, 7) is 6.25. The van der Waals surface area contributed by atoms with Crippen molar-refractivity contribution in [3.8, 4) is 17.0 Å². The van der Waals surface area contributed by atoms with Crippen LogP contribution in [0.2, 0.25) is 0 Å². The lowest BCUT2D eigenvalue weighted by Crippen LogP contribution is -2.40. The van der Waals surface area contributed by atoms with Crippen molar-refractivity contribution >= 4 is 22.8 Å². The minimum Gasteiger partial charge on any atom is -0.488 e. The van der Waals surface area contributed by atoms with Gasteiger partial charge >= 0.3 is 0 Å². The van der Waals surface area contributed by atoms with Crippen LogP contribution in [0, 0.1) is 0 Å². The van der Waals surface area contributed by atoms with Gasteiger partial charge < -0.3 is 20.1 Å². The van der Waals surface area contributed by atoms with E-state index in [9.17, 15) is 4.79 Å². The van der Waals surface area contributed by atoms with Crippen LogP contribution < -0.4 is 10.5 Å². The van der Waals surface area contributed by atoms with Crippen LogP contribution in [-0.2, 0) is 9.53 Å². The number of ether oxygens (including phenoxy) is 2. The number of piperidine rings is 1. The molecule has 2 atom stereocenters. The van der Waals surface area contributed by atoms with E-state index in [0.717, 1.165) is 54.8 Å². The summed E-state index contributed by atoms with van der Waals surface area (Å²) in [4.78, 5) is 22.6. The number of nitrogen functional groups attached to an aromatic ring is 1. The summed E-state index contributed by atoms with van der Waals surface area (Å²) < 4.78 is 13.2. The fourth-order valence-electron chi connectivity index (χ4n) is 4.43. The van der Waals surface area contributed by atoms with E-state index in [-0.39, 0.29) is 18.1 Å². The van der Waals surface area contributed by atoms with Gasteiger partial charge in [0.15, 0.2) is 5.65 Å². The molecule has 2 saturated heterocycles. The molecular weight excluding hydrogens is 408 g/mol. The maximum Gasteiger partial charge on any atom is 0.246 e. The second-order valence-electron chi connectivity index (χ2n) is 8.16. The van der Waals surface area contributed by atoms with Gasteiger partial charge in [-0.1, -0.05) is 6.58 Å². The predicted molar refractivity (Wildman–Crippen MR) is 120 cm³/mol. The zero-order valence-corrected chi connectivity index (χ0v) is 17.8. The average molecular weight is 435 g/mol. The standard InChI is InChI=1S/C23H26N6O3/c1-2-19(30)28-10-3-4-16(12-28)29-23-20(22(24)25-14-26-23)21(27-29)15-5-7-17(8-6-15)32-18-9-11-31-13-18/h2,5-8,14,16,18H,1,3-4,9-13H2,(H2,24,25,26)/t16-,18?/m0/s1. The Morgan fingerprint density at radius 2 is 2.09 bits per heavy atom. The van der Waals surface area contributed by atoms with E-state index in [4.69, 9.17) is 20.3 Å². The molecule has 0 aliphatic carbocycles. The minimum atomic E-state index is -0.0659. The summed E-state index contributed by atoms with van der Waals surface area (Å²) in [5.41, 5.74) is 8.55. The highest BCUT2D eigenvalue weighted by Crippen LogP contribution is 2.34. The molecule has 0 bridgehead atoms. The number of anilines is 1. The summed E-state index contributed by atoms with van der Waals surface area (Å²) in [7, 11) is 0. The first-order chi connectivity index (χ1) is 15.6. The molecule has 9 heteroatoms. The molecule has 2 N–H and O–H groups in total. The molecule has 4 heterocycles. The number of rotatable bonds is 5. The molecule has 2 aromatic heterocycles. The second-order valence-corrected chi connectivity index (χ2v) is 8.16. The van der Waals surface area contributed by atoms with E-state index in [2.05, 4.69) is 16.5 Å². The van der Waals surface area contributed by atoms with E-state index < -0.39 is 0 Å². The van der Waals surface area contributed by atoms with Crippen LogP contribution in [-0.4, -0.2) is 63.0 Å². The molecule has 166 valence electrons. The Balaban J connectivity index is 1.49. The van der Waals surface area contributed by atoms with E-state index in [0.29, 0.717) is 24.6 Å². The first-order valence-electron chi connectivity index (χ1n) is 10.9. The zero-order valence-electron chi connectivity index (χ0n) is 17.8. The van der Waals surface area contributed by atoms with Gasteiger partial charge in [0.1, 0.15) is 29.7 Å². The van der Waals surface area contributed by atoms with Crippen LogP contribution in [0.25, 0.3) is 22.3 Å². The third kappa shape index (κ3) is 3.80. The number of benzene rings is 1. The van der Waals surface area contributed by atoms with Crippen molar-refractivity contribution in [2.24, 2.45) is 0 Å². The molecule has 1 unspecified atom stereocenters. The maximum atomic E-state index is 12.2. The molecule has 2 aliphatic rings. The number of hydrogen-bond acceptors (Lipinski definition) is 7. The van der Waals surface area contributed by atoms with Gasteiger partial charge in [0.05, 0.1) is 24.6 Å². The number of nitrogens with two attached hydrogens (primary N) is 1. The highest BCUT2D eigenvalue weighted by Gasteiger charge is 2.28. The highest BCUT2D eigenvalue weighted by molar-refractivity contribution is 5.98. The Hall–Kier alpha value is -3.46. The van der Waals surface area contributed by atoms with Crippen LogP contribution >= 0.6 is 0 Å². The number of aromatic nitrogens is 4. The van der Waals surface area contributed by atoms with Gasteiger partial charge in [-0.05, 0) is 43.2 Å². The summed E-state index contributed by atoms with van der Waals surface area (Å²) in [6, 6.07) is 7.81. The fourth-order valence-corrected chi connectivity index (χ4v) is 4.43. The molecule has 1 amide bonds. The molecule has 32 heavy (non-hydrogen) atoms. The zero-order chi connectivity index (χ0) is 22.1. The van der Waals surface area contributed by atoms with Gasteiger partial charge in [-0.15, -0.1) is 0 Å². The Kier molecular flexibility index (Phi) is 5.48. The lowest BCUT2D eigenvalue weighted by atomic mass is 10.1. The molecule has 2 fully saturated rings. The minimum absolute atomic E-state index is 0.00294. The fraction of sp³-hybridized carbons (Fsp3) is 0.391. The quantitative estimate of drug-likeness (QED) is 0.615. The van der Waals surface area contributed by atoms with Crippen molar-refractivity contribution in [3.63, 3.8) is 0 Å².